The van der Waals surface area contributed by atoms with Gasteiger partial charge < -0.3 is 10.7 Å². The summed E-state index contributed by atoms with van der Waals surface area (Å²) in [6.45, 7) is 7.14. The maximum absolute atomic E-state index is 5.00. The van der Waals surface area contributed by atoms with E-state index in [1.165, 1.54) is 0 Å². The van der Waals surface area contributed by atoms with Crippen LogP contribution in [0.4, 0.5) is 0 Å². The molecule has 0 atom stereocenters. The molecule has 0 aromatic heterocycles. The van der Waals surface area contributed by atoms with E-state index < -0.39 is 0 Å². The molecule has 0 heterocycles. The maximum Gasteiger partial charge on any atom is 0.0638 e. The summed E-state index contributed by atoms with van der Waals surface area (Å²) in [6, 6.07) is 0. The van der Waals surface area contributed by atoms with Crippen molar-refractivity contribution in [1.29, 1.82) is 0 Å². The van der Waals surface area contributed by atoms with Crippen molar-refractivity contribution in [2.24, 2.45) is 5.84 Å². The molecule has 0 unspecified atom stereocenters. The van der Waals surface area contributed by atoms with E-state index in [2.05, 4.69) is 23.9 Å². The van der Waals surface area contributed by atoms with Gasteiger partial charge in [-0.05, 0) is 0 Å². The van der Waals surface area contributed by atoms with Gasteiger partial charge in [0.1, 0.15) is 0 Å². The van der Waals surface area contributed by atoms with Crippen LogP contribution >= 0.6 is 0 Å². The van der Waals surface area contributed by atoms with Crippen LogP contribution in [0.3, 0.4) is 0 Å². The monoisotopic (exact) mass is 113 g/mol. The van der Waals surface area contributed by atoms with Crippen LogP contribution in [0.25, 0.3) is 0 Å². The van der Waals surface area contributed by atoms with Crippen LogP contribution in [0.1, 0.15) is 0 Å². The van der Waals surface area contributed by atoms with E-state index in [1.807, 2.05) is 0 Å². The molecule has 0 saturated carbocycles. The van der Waals surface area contributed by atoms with Crippen molar-refractivity contribution in [3.8, 4) is 0 Å². The molecule has 0 fully saturated rings. The Morgan fingerprint density at radius 1 is 1.38 bits per heavy atom. The van der Waals surface area contributed by atoms with E-state index in [-0.39, 0.29) is 0 Å². The summed E-state index contributed by atoms with van der Waals surface area (Å²) in [7, 11) is 1.75. The lowest BCUT2D eigenvalue weighted by Crippen LogP contribution is -2.25. The largest absolute Gasteiger partial charge is 0.387 e. The number of likely N-dealkylation sites (N-methyl/N-ethyl adjacent to an activating group) is 1. The van der Waals surface area contributed by atoms with Crippen molar-refractivity contribution in [2.75, 3.05) is 7.05 Å². The fourth-order valence-electron chi connectivity index (χ4n) is 0.238. The van der Waals surface area contributed by atoms with Crippen molar-refractivity contribution >= 4 is 0 Å². The highest BCUT2D eigenvalue weighted by Gasteiger charge is 1.89. The summed E-state index contributed by atoms with van der Waals surface area (Å²) < 4.78 is 0. The van der Waals surface area contributed by atoms with Crippen molar-refractivity contribution in [3.05, 3.63) is 24.6 Å². The molecular formula is C5H11N3. The third-order valence-corrected chi connectivity index (χ3v) is 0.840. The molecule has 0 bridgehead atoms. The molecule has 0 amide bonds. The van der Waals surface area contributed by atoms with E-state index in [0.29, 0.717) is 11.4 Å². The average molecular weight is 113 g/mol. The number of nitrogens with one attached hydrogen (secondary N) is 2. The molecule has 3 nitrogen and oxygen atoms in total. The molecule has 0 aliphatic rings. The average Bonchev–Trinajstić information content (AvgIpc) is 1.84. The van der Waals surface area contributed by atoms with Gasteiger partial charge in [-0.3, -0.25) is 5.84 Å². The third kappa shape index (κ3) is 1.66. The second-order valence-corrected chi connectivity index (χ2v) is 1.35. The Kier molecular flexibility index (Phi) is 2.72. The van der Waals surface area contributed by atoms with E-state index >= 15 is 0 Å². The summed E-state index contributed by atoms with van der Waals surface area (Å²) >= 11 is 0. The van der Waals surface area contributed by atoms with Crippen LogP contribution in [-0.2, 0) is 0 Å². The summed E-state index contributed by atoms with van der Waals surface area (Å²) in [5.74, 6) is 5.00. The minimum atomic E-state index is 0.604. The van der Waals surface area contributed by atoms with Gasteiger partial charge >= 0.3 is 0 Å². The Morgan fingerprint density at radius 2 is 1.88 bits per heavy atom. The highest BCUT2D eigenvalue weighted by Crippen LogP contribution is 1.90. The first-order valence-corrected chi connectivity index (χ1v) is 2.25. The fraction of sp³-hybridized carbons (Fsp3) is 0.200. The number of nitrogens with two attached hydrogens (primary N) is 1. The molecule has 0 spiro atoms. The van der Waals surface area contributed by atoms with Crippen LogP contribution in [0.5, 0.6) is 0 Å². The standard InChI is InChI=1S/C5H11N3/c1-4(7-3)5(2)8-6/h7-8H,1-2,6H2,3H3. The quantitative estimate of drug-likeness (QED) is 0.267. The minimum absolute atomic E-state index is 0.604. The molecule has 0 aromatic carbocycles. The van der Waals surface area contributed by atoms with Gasteiger partial charge in [0, 0.05) is 7.05 Å². The molecule has 0 radical (unpaired) electrons. The lowest BCUT2D eigenvalue weighted by atomic mass is 10.4. The van der Waals surface area contributed by atoms with Crippen LogP contribution in [0.2, 0.25) is 0 Å². The lowest BCUT2D eigenvalue weighted by Gasteiger charge is -2.05. The Bertz CT molecular complexity index is 92.2. The van der Waals surface area contributed by atoms with Crippen LogP contribution in [0, 0.1) is 0 Å². The number of hydrazine groups is 1. The topological polar surface area (TPSA) is 50.1 Å². The van der Waals surface area contributed by atoms with Gasteiger partial charge in [0.2, 0.25) is 0 Å². The number of rotatable bonds is 3. The first-order chi connectivity index (χ1) is 3.72. The van der Waals surface area contributed by atoms with Gasteiger partial charge in [-0.2, -0.15) is 0 Å². The van der Waals surface area contributed by atoms with Crippen LogP contribution < -0.4 is 16.6 Å². The smallest absolute Gasteiger partial charge is 0.0638 e. The van der Waals surface area contributed by atoms with Crippen molar-refractivity contribution in [3.63, 3.8) is 0 Å². The Hall–Kier alpha value is -0.960. The van der Waals surface area contributed by atoms with Crippen molar-refractivity contribution in [1.82, 2.24) is 10.7 Å². The lowest BCUT2D eigenvalue weighted by molar-refractivity contribution is 0.855. The van der Waals surface area contributed by atoms with E-state index in [4.69, 9.17) is 5.84 Å². The summed E-state index contributed by atoms with van der Waals surface area (Å²) in [5, 5.41) is 2.78. The Labute approximate surface area is 49.2 Å². The van der Waals surface area contributed by atoms with Gasteiger partial charge in [0.25, 0.3) is 0 Å². The van der Waals surface area contributed by atoms with Crippen molar-refractivity contribution in [2.45, 2.75) is 0 Å². The molecule has 3 heteroatoms. The van der Waals surface area contributed by atoms with E-state index in [1.54, 1.807) is 7.05 Å². The zero-order valence-corrected chi connectivity index (χ0v) is 4.99. The number of hydrogen-bond acceptors (Lipinski definition) is 3. The first-order valence-electron chi connectivity index (χ1n) is 2.25. The normalized spacial score (nSPS) is 7.75. The van der Waals surface area contributed by atoms with E-state index in [9.17, 15) is 0 Å². The predicted octanol–water partition coefficient (Wildman–Crippen LogP) is -0.304. The molecular weight excluding hydrogens is 102 g/mol. The molecule has 0 saturated heterocycles. The van der Waals surface area contributed by atoms with Crippen LogP contribution in [0.15, 0.2) is 24.6 Å². The van der Waals surface area contributed by atoms with Gasteiger partial charge in [-0.15, -0.1) is 0 Å². The predicted molar refractivity (Wildman–Crippen MR) is 34.7 cm³/mol. The molecule has 0 aromatic rings. The zero-order valence-electron chi connectivity index (χ0n) is 4.99. The van der Waals surface area contributed by atoms with Gasteiger partial charge in [0.05, 0.1) is 11.4 Å². The third-order valence-electron chi connectivity index (χ3n) is 0.840. The number of hydrogen-bond donors (Lipinski definition) is 3. The molecule has 46 valence electrons. The maximum atomic E-state index is 5.00. The Balaban J connectivity index is 3.64. The molecule has 0 aliphatic carbocycles. The second-order valence-electron chi connectivity index (χ2n) is 1.35. The zero-order chi connectivity index (χ0) is 6.57. The van der Waals surface area contributed by atoms with Gasteiger partial charge in [-0.25, -0.2) is 0 Å². The summed E-state index contributed by atoms with van der Waals surface area (Å²) in [4.78, 5) is 0. The molecule has 8 heavy (non-hydrogen) atoms. The highest BCUT2D eigenvalue weighted by atomic mass is 15.2. The summed E-state index contributed by atoms with van der Waals surface area (Å²) in [6.07, 6.45) is 0. The van der Waals surface area contributed by atoms with E-state index in [0.717, 1.165) is 0 Å². The second kappa shape index (κ2) is 3.10. The molecule has 4 N–H and O–H groups in total. The summed E-state index contributed by atoms with van der Waals surface area (Å²) in [5.41, 5.74) is 3.66. The van der Waals surface area contributed by atoms with Gasteiger partial charge in [0.15, 0.2) is 0 Å². The molecule has 0 rings (SSSR count). The SMILES string of the molecule is C=C(NC)C(=C)NN. The fourth-order valence-corrected chi connectivity index (χ4v) is 0.238. The van der Waals surface area contributed by atoms with Crippen LogP contribution in [-0.4, -0.2) is 7.05 Å². The Morgan fingerprint density at radius 3 is 2.00 bits per heavy atom. The first kappa shape index (κ1) is 7.04. The van der Waals surface area contributed by atoms with Crippen molar-refractivity contribution < 1.29 is 0 Å². The molecule has 0 aliphatic heterocycles. The minimum Gasteiger partial charge on any atom is -0.387 e. The van der Waals surface area contributed by atoms with Gasteiger partial charge in [-0.1, -0.05) is 13.2 Å². The highest BCUT2D eigenvalue weighted by molar-refractivity contribution is 5.19.